The number of rotatable bonds is 8. The van der Waals surface area contributed by atoms with Crippen LogP contribution < -0.4 is 21.3 Å². The van der Waals surface area contributed by atoms with E-state index >= 15 is 0 Å². The summed E-state index contributed by atoms with van der Waals surface area (Å²) in [7, 11) is 0. The number of nitrogens with one attached hydrogen (secondary N) is 4. The molecule has 28 heavy (non-hydrogen) atoms. The fourth-order valence-corrected chi connectivity index (χ4v) is 2.41. The molecule has 7 heteroatoms. The number of hydrogen-bond donors (Lipinski definition) is 4. The summed E-state index contributed by atoms with van der Waals surface area (Å²) in [5.74, 6) is -0.343. The smallest absolute Gasteiger partial charge is 0.319 e. The van der Waals surface area contributed by atoms with Gasteiger partial charge in [-0.2, -0.15) is 0 Å². The van der Waals surface area contributed by atoms with Gasteiger partial charge in [0.05, 0.1) is 0 Å². The highest BCUT2D eigenvalue weighted by atomic mass is 16.2. The summed E-state index contributed by atoms with van der Waals surface area (Å²) in [4.78, 5) is 35.5. The van der Waals surface area contributed by atoms with Gasteiger partial charge in [-0.15, -0.1) is 0 Å². The van der Waals surface area contributed by atoms with E-state index in [0.29, 0.717) is 17.8 Å². The van der Waals surface area contributed by atoms with Crippen LogP contribution in [-0.2, 0) is 11.3 Å². The van der Waals surface area contributed by atoms with E-state index in [-0.39, 0.29) is 36.9 Å². The van der Waals surface area contributed by atoms with Crippen LogP contribution in [0.2, 0.25) is 0 Å². The molecule has 7 nitrogen and oxygen atoms in total. The molecule has 0 atom stereocenters. The minimum atomic E-state index is -0.256. The van der Waals surface area contributed by atoms with Crippen molar-refractivity contribution in [2.75, 3.05) is 11.9 Å². The number of urea groups is 1. The molecule has 2 aromatic carbocycles. The first-order chi connectivity index (χ1) is 13.4. The first-order valence-electron chi connectivity index (χ1n) is 9.20. The fourth-order valence-electron chi connectivity index (χ4n) is 2.41. The number of carbonyl (C=O) groups is 3. The average molecular weight is 382 g/mol. The molecule has 0 aliphatic rings. The summed E-state index contributed by atoms with van der Waals surface area (Å²) in [6.07, 6.45) is 0.202. The maximum atomic E-state index is 11.9. The summed E-state index contributed by atoms with van der Waals surface area (Å²) in [6, 6.07) is 15.9. The number of carbonyl (C=O) groups excluding carboxylic acids is 3. The maximum absolute atomic E-state index is 11.9. The zero-order valence-corrected chi connectivity index (χ0v) is 16.1. The van der Waals surface area contributed by atoms with Crippen LogP contribution in [0.25, 0.3) is 0 Å². The molecule has 0 saturated carbocycles. The Balaban J connectivity index is 1.68. The maximum Gasteiger partial charge on any atom is 0.319 e. The molecule has 4 N–H and O–H groups in total. The Morgan fingerprint density at radius 3 is 2.21 bits per heavy atom. The standard InChI is InChI=1S/C21H26N4O3/c1-15(2)24-21(28)25-18-10-8-16(9-11-18)14-23-19(26)12-13-22-20(27)17-6-4-3-5-7-17/h3-11,15H,12-14H2,1-2H3,(H,22,27)(H,23,26)(H2,24,25,28). The lowest BCUT2D eigenvalue weighted by Crippen LogP contribution is -2.34. The molecular formula is C21H26N4O3. The molecule has 0 aliphatic carbocycles. The van der Waals surface area contributed by atoms with Crippen LogP contribution in [-0.4, -0.2) is 30.4 Å². The summed E-state index contributed by atoms with van der Waals surface area (Å²) in [5.41, 5.74) is 2.16. The van der Waals surface area contributed by atoms with Crippen molar-refractivity contribution in [3.63, 3.8) is 0 Å². The van der Waals surface area contributed by atoms with Gasteiger partial charge in [0.15, 0.2) is 0 Å². The van der Waals surface area contributed by atoms with Gasteiger partial charge in [0, 0.05) is 36.8 Å². The molecule has 148 valence electrons. The number of hydrogen-bond acceptors (Lipinski definition) is 3. The van der Waals surface area contributed by atoms with E-state index in [2.05, 4.69) is 21.3 Å². The third-order valence-electron chi connectivity index (χ3n) is 3.79. The zero-order valence-electron chi connectivity index (χ0n) is 16.1. The normalized spacial score (nSPS) is 10.2. The Morgan fingerprint density at radius 1 is 0.893 bits per heavy atom. The zero-order chi connectivity index (χ0) is 20.4. The molecule has 0 unspecified atom stereocenters. The van der Waals surface area contributed by atoms with E-state index in [4.69, 9.17) is 0 Å². The lowest BCUT2D eigenvalue weighted by Gasteiger charge is -2.11. The van der Waals surface area contributed by atoms with Crippen LogP contribution >= 0.6 is 0 Å². The highest BCUT2D eigenvalue weighted by Gasteiger charge is 2.07. The minimum Gasteiger partial charge on any atom is -0.352 e. The Hall–Kier alpha value is -3.35. The second-order valence-corrected chi connectivity index (χ2v) is 6.60. The molecule has 4 amide bonds. The minimum absolute atomic E-state index is 0.0620. The average Bonchev–Trinajstić information content (AvgIpc) is 2.67. The van der Waals surface area contributed by atoms with Crippen LogP contribution in [0.1, 0.15) is 36.2 Å². The third kappa shape index (κ3) is 7.49. The summed E-state index contributed by atoms with van der Waals surface area (Å²) >= 11 is 0. The molecule has 0 aliphatic heterocycles. The van der Waals surface area contributed by atoms with Gasteiger partial charge in [-0.05, 0) is 43.7 Å². The van der Waals surface area contributed by atoms with Gasteiger partial charge >= 0.3 is 6.03 Å². The molecule has 0 bridgehead atoms. The van der Waals surface area contributed by atoms with E-state index in [1.807, 2.05) is 32.0 Å². The van der Waals surface area contributed by atoms with E-state index in [9.17, 15) is 14.4 Å². The highest BCUT2D eigenvalue weighted by molar-refractivity contribution is 5.94. The molecule has 0 saturated heterocycles. The predicted octanol–water partition coefficient (Wildman–Crippen LogP) is 2.65. The van der Waals surface area contributed by atoms with Gasteiger partial charge in [0.2, 0.25) is 5.91 Å². The van der Waals surface area contributed by atoms with Crippen LogP contribution in [0.4, 0.5) is 10.5 Å². The van der Waals surface area contributed by atoms with Gasteiger partial charge < -0.3 is 21.3 Å². The van der Waals surface area contributed by atoms with Crippen LogP contribution in [0, 0.1) is 0 Å². The van der Waals surface area contributed by atoms with Crippen molar-refractivity contribution < 1.29 is 14.4 Å². The Bertz CT molecular complexity index is 789. The second-order valence-electron chi connectivity index (χ2n) is 6.60. The van der Waals surface area contributed by atoms with Gasteiger partial charge in [0.25, 0.3) is 5.91 Å². The molecule has 2 rings (SSSR count). The first kappa shape index (κ1) is 21.0. The summed E-state index contributed by atoms with van der Waals surface area (Å²) in [6.45, 7) is 4.42. The van der Waals surface area contributed by atoms with Crippen LogP contribution in [0.5, 0.6) is 0 Å². The van der Waals surface area contributed by atoms with E-state index in [0.717, 1.165) is 5.56 Å². The van der Waals surface area contributed by atoms with Crippen molar-refractivity contribution in [1.29, 1.82) is 0 Å². The Kier molecular flexibility index (Phi) is 8.02. The number of amides is 4. The van der Waals surface area contributed by atoms with Gasteiger partial charge in [-0.3, -0.25) is 9.59 Å². The lowest BCUT2D eigenvalue weighted by atomic mass is 10.2. The van der Waals surface area contributed by atoms with Crippen molar-refractivity contribution in [3.05, 3.63) is 65.7 Å². The molecule has 0 heterocycles. The lowest BCUT2D eigenvalue weighted by molar-refractivity contribution is -0.121. The topological polar surface area (TPSA) is 99.3 Å². The van der Waals surface area contributed by atoms with E-state index in [1.54, 1.807) is 36.4 Å². The second kappa shape index (κ2) is 10.7. The number of benzene rings is 2. The van der Waals surface area contributed by atoms with Gasteiger partial charge in [-0.25, -0.2) is 4.79 Å². The van der Waals surface area contributed by atoms with Gasteiger partial charge in [-0.1, -0.05) is 30.3 Å². The summed E-state index contributed by atoms with van der Waals surface area (Å²) in [5, 5.41) is 11.0. The molecule has 0 fully saturated rings. The van der Waals surface area contributed by atoms with Crippen molar-refractivity contribution in [2.45, 2.75) is 32.9 Å². The van der Waals surface area contributed by atoms with Crippen molar-refractivity contribution in [3.8, 4) is 0 Å². The molecular weight excluding hydrogens is 356 g/mol. The van der Waals surface area contributed by atoms with Gasteiger partial charge in [0.1, 0.15) is 0 Å². The molecule has 0 radical (unpaired) electrons. The van der Waals surface area contributed by atoms with E-state index in [1.165, 1.54) is 0 Å². The largest absolute Gasteiger partial charge is 0.352 e. The Labute approximate surface area is 164 Å². The monoisotopic (exact) mass is 382 g/mol. The SMILES string of the molecule is CC(C)NC(=O)Nc1ccc(CNC(=O)CCNC(=O)c2ccccc2)cc1. The highest BCUT2D eigenvalue weighted by Crippen LogP contribution is 2.09. The first-order valence-corrected chi connectivity index (χ1v) is 9.20. The van der Waals surface area contributed by atoms with Crippen LogP contribution in [0.15, 0.2) is 54.6 Å². The molecule has 0 aromatic heterocycles. The number of anilines is 1. The fraction of sp³-hybridized carbons (Fsp3) is 0.286. The quantitative estimate of drug-likeness (QED) is 0.565. The third-order valence-corrected chi connectivity index (χ3v) is 3.79. The molecule has 0 spiro atoms. The van der Waals surface area contributed by atoms with Crippen molar-refractivity contribution >= 4 is 23.5 Å². The molecule has 2 aromatic rings. The van der Waals surface area contributed by atoms with E-state index < -0.39 is 0 Å². The van der Waals surface area contributed by atoms with Crippen molar-refractivity contribution in [1.82, 2.24) is 16.0 Å². The Morgan fingerprint density at radius 2 is 1.57 bits per heavy atom. The summed E-state index contributed by atoms with van der Waals surface area (Å²) < 4.78 is 0. The van der Waals surface area contributed by atoms with Crippen molar-refractivity contribution in [2.24, 2.45) is 0 Å². The van der Waals surface area contributed by atoms with Crippen LogP contribution in [0.3, 0.4) is 0 Å². The predicted molar refractivity (Wildman–Crippen MR) is 109 cm³/mol.